The lowest BCUT2D eigenvalue weighted by atomic mass is 10.1. The fraction of sp³-hybridized carbons (Fsp3) is 0.316. The first-order valence-corrected chi connectivity index (χ1v) is 10.5. The molecule has 2 rings (SSSR count). The van der Waals surface area contributed by atoms with Gasteiger partial charge in [-0.05, 0) is 43.2 Å². The third-order valence-corrected chi connectivity index (χ3v) is 5.57. The SMILES string of the molecule is CN=C(NCCNS(=O)(=O)c1ccc(C)cc1)NCCc1cccc(Cl)c1.I. The lowest BCUT2D eigenvalue weighted by molar-refractivity contribution is 0.580. The summed E-state index contributed by atoms with van der Waals surface area (Å²) in [7, 11) is -1.83. The fourth-order valence-corrected chi connectivity index (χ4v) is 3.65. The lowest BCUT2D eigenvalue weighted by Gasteiger charge is -2.12. The number of rotatable bonds is 8. The average Bonchev–Trinajstić information content (AvgIpc) is 2.64. The van der Waals surface area contributed by atoms with Crippen LogP contribution in [-0.4, -0.2) is 41.1 Å². The molecule has 0 aliphatic rings. The Labute approximate surface area is 189 Å². The fourth-order valence-electron chi connectivity index (χ4n) is 2.41. The van der Waals surface area contributed by atoms with Crippen LogP contribution in [-0.2, 0) is 16.4 Å². The highest BCUT2D eigenvalue weighted by atomic mass is 127. The molecule has 0 bridgehead atoms. The number of hydrogen-bond donors (Lipinski definition) is 3. The Balaban J connectivity index is 0.00000392. The summed E-state index contributed by atoms with van der Waals surface area (Å²) >= 11 is 5.97. The van der Waals surface area contributed by atoms with Gasteiger partial charge in [-0.25, -0.2) is 13.1 Å². The van der Waals surface area contributed by atoms with E-state index >= 15 is 0 Å². The molecule has 0 saturated heterocycles. The average molecular weight is 537 g/mol. The zero-order valence-corrected chi connectivity index (χ0v) is 19.8. The summed E-state index contributed by atoms with van der Waals surface area (Å²) in [5.41, 5.74) is 2.15. The highest BCUT2D eigenvalue weighted by Crippen LogP contribution is 2.11. The van der Waals surface area contributed by atoms with E-state index in [-0.39, 0.29) is 35.4 Å². The van der Waals surface area contributed by atoms with Gasteiger partial charge in [-0.3, -0.25) is 4.99 Å². The van der Waals surface area contributed by atoms with E-state index in [9.17, 15) is 8.42 Å². The van der Waals surface area contributed by atoms with E-state index < -0.39 is 10.0 Å². The zero-order chi connectivity index (χ0) is 19.7. The molecule has 0 saturated carbocycles. The van der Waals surface area contributed by atoms with Gasteiger partial charge >= 0.3 is 0 Å². The van der Waals surface area contributed by atoms with Gasteiger partial charge in [0.25, 0.3) is 0 Å². The van der Waals surface area contributed by atoms with Crippen molar-refractivity contribution in [3.8, 4) is 0 Å². The first-order chi connectivity index (χ1) is 12.9. The predicted octanol–water partition coefficient (Wildman–Crippen LogP) is 2.95. The highest BCUT2D eigenvalue weighted by Gasteiger charge is 2.12. The van der Waals surface area contributed by atoms with Gasteiger partial charge in [0.2, 0.25) is 10.0 Å². The molecule has 9 heteroatoms. The van der Waals surface area contributed by atoms with E-state index in [4.69, 9.17) is 11.6 Å². The van der Waals surface area contributed by atoms with Crippen LogP contribution in [0, 0.1) is 6.92 Å². The van der Waals surface area contributed by atoms with Gasteiger partial charge in [-0.1, -0.05) is 41.4 Å². The summed E-state index contributed by atoms with van der Waals surface area (Å²) in [5.74, 6) is 0.617. The first-order valence-electron chi connectivity index (χ1n) is 8.66. The summed E-state index contributed by atoms with van der Waals surface area (Å²) in [5, 5.41) is 7.00. The van der Waals surface area contributed by atoms with Crippen molar-refractivity contribution in [1.29, 1.82) is 0 Å². The summed E-state index contributed by atoms with van der Waals surface area (Å²) < 4.78 is 27.0. The van der Waals surface area contributed by atoms with Crippen molar-refractivity contribution in [3.63, 3.8) is 0 Å². The van der Waals surface area contributed by atoms with Gasteiger partial charge in [0, 0.05) is 31.7 Å². The summed E-state index contributed by atoms with van der Waals surface area (Å²) in [4.78, 5) is 4.39. The van der Waals surface area contributed by atoms with Gasteiger partial charge < -0.3 is 10.6 Å². The monoisotopic (exact) mass is 536 g/mol. The second-order valence-corrected chi connectivity index (χ2v) is 8.22. The number of hydrogen-bond acceptors (Lipinski definition) is 3. The van der Waals surface area contributed by atoms with Crippen molar-refractivity contribution in [2.24, 2.45) is 4.99 Å². The topological polar surface area (TPSA) is 82.6 Å². The van der Waals surface area contributed by atoms with Gasteiger partial charge in [0.1, 0.15) is 0 Å². The van der Waals surface area contributed by atoms with Crippen LogP contribution in [0.15, 0.2) is 58.4 Å². The van der Waals surface area contributed by atoms with Crippen LogP contribution in [0.25, 0.3) is 0 Å². The van der Waals surface area contributed by atoms with E-state index in [2.05, 4.69) is 20.3 Å². The molecule has 2 aromatic rings. The largest absolute Gasteiger partial charge is 0.356 e. The maximum absolute atomic E-state index is 12.2. The maximum Gasteiger partial charge on any atom is 0.240 e. The number of nitrogens with one attached hydrogen (secondary N) is 3. The number of sulfonamides is 1. The van der Waals surface area contributed by atoms with E-state index in [1.807, 2.05) is 31.2 Å². The van der Waals surface area contributed by atoms with Crippen LogP contribution in [0.2, 0.25) is 5.02 Å². The predicted molar refractivity (Wildman–Crippen MR) is 126 cm³/mol. The van der Waals surface area contributed by atoms with E-state index in [0.717, 1.165) is 22.6 Å². The standard InChI is InChI=1S/C19H25ClN4O2S.HI/c1-15-6-8-18(9-7-15)27(25,26)24-13-12-23-19(21-2)22-11-10-16-4-3-5-17(20)14-16;/h3-9,14,24H,10-13H2,1-2H3,(H2,21,22,23);1H. The first kappa shape index (κ1) is 24.7. The van der Waals surface area contributed by atoms with Crippen LogP contribution in [0.3, 0.4) is 0 Å². The molecule has 0 aliphatic carbocycles. The molecule has 2 aromatic carbocycles. The second-order valence-electron chi connectivity index (χ2n) is 6.02. The number of nitrogens with zero attached hydrogens (tertiary/aromatic N) is 1. The maximum atomic E-state index is 12.2. The molecule has 0 aromatic heterocycles. The lowest BCUT2D eigenvalue weighted by Crippen LogP contribution is -2.42. The van der Waals surface area contributed by atoms with Gasteiger partial charge in [-0.2, -0.15) is 0 Å². The third-order valence-electron chi connectivity index (χ3n) is 3.86. The number of benzene rings is 2. The van der Waals surface area contributed by atoms with Gasteiger partial charge in [-0.15, -0.1) is 24.0 Å². The van der Waals surface area contributed by atoms with Crippen molar-refractivity contribution in [2.45, 2.75) is 18.2 Å². The van der Waals surface area contributed by atoms with Gasteiger partial charge in [0.15, 0.2) is 5.96 Å². The molecular formula is C19H26ClIN4O2S. The molecule has 0 fully saturated rings. The summed E-state index contributed by atoms with van der Waals surface area (Å²) in [6.45, 7) is 3.28. The van der Waals surface area contributed by atoms with E-state index in [0.29, 0.717) is 19.0 Å². The molecule has 6 nitrogen and oxygen atoms in total. The van der Waals surface area contributed by atoms with Crippen molar-refractivity contribution in [3.05, 3.63) is 64.7 Å². The Morgan fingerprint density at radius 2 is 1.71 bits per heavy atom. The van der Waals surface area contributed by atoms with Crippen LogP contribution >= 0.6 is 35.6 Å². The number of guanidine groups is 1. The molecule has 28 heavy (non-hydrogen) atoms. The molecule has 0 heterocycles. The minimum absolute atomic E-state index is 0. The van der Waals surface area contributed by atoms with Gasteiger partial charge in [0.05, 0.1) is 4.90 Å². The molecule has 0 radical (unpaired) electrons. The number of aliphatic imine (C=N–C) groups is 1. The molecule has 0 aliphatic heterocycles. The van der Waals surface area contributed by atoms with E-state index in [1.165, 1.54) is 0 Å². The number of aryl methyl sites for hydroxylation is 1. The molecule has 0 spiro atoms. The quantitative estimate of drug-likeness (QED) is 0.210. The molecule has 3 N–H and O–H groups in total. The molecule has 0 amide bonds. The van der Waals surface area contributed by atoms with Crippen LogP contribution in [0.5, 0.6) is 0 Å². The Hall–Kier alpha value is -1.36. The van der Waals surface area contributed by atoms with Crippen molar-refractivity contribution >= 4 is 51.6 Å². The minimum atomic E-state index is -3.50. The summed E-state index contributed by atoms with van der Waals surface area (Å²) in [6.07, 6.45) is 0.807. The Kier molecular flexibility index (Phi) is 10.8. The second kappa shape index (κ2) is 12.3. The summed E-state index contributed by atoms with van der Waals surface area (Å²) in [6, 6.07) is 14.5. The van der Waals surface area contributed by atoms with Crippen LogP contribution in [0.1, 0.15) is 11.1 Å². The third kappa shape index (κ3) is 8.34. The molecule has 154 valence electrons. The molecule has 0 atom stereocenters. The Morgan fingerprint density at radius 1 is 1.04 bits per heavy atom. The zero-order valence-electron chi connectivity index (χ0n) is 15.9. The minimum Gasteiger partial charge on any atom is -0.356 e. The van der Waals surface area contributed by atoms with Crippen LogP contribution < -0.4 is 15.4 Å². The Morgan fingerprint density at radius 3 is 2.36 bits per heavy atom. The van der Waals surface area contributed by atoms with Crippen molar-refractivity contribution < 1.29 is 8.42 Å². The normalized spacial score (nSPS) is 11.6. The van der Waals surface area contributed by atoms with Crippen molar-refractivity contribution in [1.82, 2.24) is 15.4 Å². The van der Waals surface area contributed by atoms with E-state index in [1.54, 1.807) is 31.3 Å². The number of halogens is 2. The molecule has 0 unspecified atom stereocenters. The van der Waals surface area contributed by atoms with Crippen molar-refractivity contribution in [2.75, 3.05) is 26.7 Å². The van der Waals surface area contributed by atoms with Crippen LogP contribution in [0.4, 0.5) is 0 Å². The highest BCUT2D eigenvalue weighted by molar-refractivity contribution is 14.0. The molecular weight excluding hydrogens is 511 g/mol. The Bertz CT molecular complexity index is 874. The smallest absolute Gasteiger partial charge is 0.240 e.